The minimum Gasteiger partial charge on any atom is -0.497 e. The van der Waals surface area contributed by atoms with Gasteiger partial charge < -0.3 is 30.1 Å². The molecule has 54 heavy (non-hydrogen) atoms. The molecule has 2 aromatic heterocycles. The van der Waals surface area contributed by atoms with Crippen molar-refractivity contribution in [2.24, 2.45) is 11.8 Å². The van der Waals surface area contributed by atoms with Crippen LogP contribution in [0.5, 0.6) is 5.75 Å². The molecule has 0 aliphatic carbocycles. The van der Waals surface area contributed by atoms with Gasteiger partial charge in [0.15, 0.2) is 5.79 Å². The number of sulfonamides is 1. The minimum absolute atomic E-state index is 0.0143. The lowest BCUT2D eigenvalue weighted by molar-refractivity contribution is -0.190. The van der Waals surface area contributed by atoms with Crippen molar-refractivity contribution in [3.05, 3.63) is 95.8 Å². The number of hydrogen-bond donors (Lipinski definition) is 3. The lowest BCUT2D eigenvalue weighted by Crippen LogP contribution is -2.63. The van der Waals surface area contributed by atoms with E-state index in [-0.39, 0.29) is 48.8 Å². The van der Waals surface area contributed by atoms with Gasteiger partial charge >= 0.3 is 6.03 Å². The fourth-order valence-corrected chi connectivity index (χ4v) is 8.93. The second-order valence-electron chi connectivity index (χ2n) is 14.1. The average molecular weight is 779 g/mol. The summed E-state index contributed by atoms with van der Waals surface area (Å²) in [5, 5.41) is 29.3. The first-order valence-corrected chi connectivity index (χ1v) is 20.4. The first-order valence-electron chi connectivity index (χ1n) is 18.1. The van der Waals surface area contributed by atoms with E-state index in [9.17, 15) is 28.2 Å². The molecule has 1 aliphatic rings. The average Bonchev–Trinajstić information content (AvgIpc) is 3.78. The van der Waals surface area contributed by atoms with Gasteiger partial charge in [0.05, 0.1) is 36.8 Å². The fraction of sp³-hybridized carbons (Fsp3) is 0.436. The van der Waals surface area contributed by atoms with E-state index in [1.165, 1.54) is 47.6 Å². The normalized spacial score (nSPS) is 15.5. The molecule has 3 heterocycles. The molecule has 3 atom stereocenters. The van der Waals surface area contributed by atoms with Crippen LogP contribution in [0.15, 0.2) is 89.4 Å². The summed E-state index contributed by atoms with van der Waals surface area (Å²) in [5.41, 5.74) is 2.31. The van der Waals surface area contributed by atoms with Gasteiger partial charge in [-0.05, 0) is 60.2 Å². The largest absolute Gasteiger partial charge is 0.497 e. The van der Waals surface area contributed by atoms with E-state index < -0.39 is 40.3 Å². The molecule has 290 valence electrons. The zero-order chi connectivity index (χ0) is 39.0. The van der Waals surface area contributed by atoms with Crippen molar-refractivity contribution in [1.82, 2.24) is 29.4 Å². The van der Waals surface area contributed by atoms with Crippen LogP contribution in [0.25, 0.3) is 10.6 Å². The minimum atomic E-state index is -4.21. The van der Waals surface area contributed by atoms with Crippen LogP contribution in [0.3, 0.4) is 0 Å². The predicted octanol–water partition coefficient (Wildman–Crippen LogP) is 4.62. The Kier molecular flexibility index (Phi) is 13.5. The van der Waals surface area contributed by atoms with Gasteiger partial charge in [-0.25, -0.2) is 18.2 Å². The van der Waals surface area contributed by atoms with E-state index in [1.807, 2.05) is 51.3 Å². The summed E-state index contributed by atoms with van der Waals surface area (Å²) in [6, 6.07) is 16.0. The number of pyridine rings is 1. The lowest BCUT2D eigenvalue weighted by atomic mass is 9.94. The third kappa shape index (κ3) is 9.82. The molecule has 0 spiro atoms. The Balaban J connectivity index is 1.39. The third-order valence-electron chi connectivity index (χ3n) is 9.56. The Hall–Kier alpha value is -4.41. The summed E-state index contributed by atoms with van der Waals surface area (Å²) < 4.78 is 34.1. The number of aromatic nitrogens is 2. The van der Waals surface area contributed by atoms with E-state index in [2.05, 4.69) is 10.3 Å². The summed E-state index contributed by atoms with van der Waals surface area (Å²) in [5.74, 6) is -3.27. The summed E-state index contributed by atoms with van der Waals surface area (Å²) in [4.78, 5) is 40.3. The molecule has 0 saturated carbocycles. The molecule has 1 aliphatic heterocycles. The zero-order valence-corrected chi connectivity index (χ0v) is 33.0. The molecular formula is C39H50N6O7S2. The van der Waals surface area contributed by atoms with Crippen LogP contribution in [-0.4, -0.2) is 106 Å². The number of nitrogens with zero attached hydrogens (tertiary/aromatic N) is 5. The number of aliphatic hydroxyl groups is 2. The fourth-order valence-electron chi connectivity index (χ4n) is 6.49. The molecule has 13 nitrogen and oxygen atoms in total. The van der Waals surface area contributed by atoms with Gasteiger partial charge in [-0.1, -0.05) is 64.4 Å². The number of ether oxygens (including phenoxy) is 1. The number of hydrogen-bond acceptors (Lipinski definition) is 10. The molecule has 4 aromatic rings. The molecule has 1 saturated heterocycles. The van der Waals surface area contributed by atoms with Gasteiger partial charge in [0.2, 0.25) is 15.9 Å². The first-order chi connectivity index (χ1) is 25.7. The SMILES string of the molecule is CC[C@H](C)[C@H](C(=O)N[C@@H](Cc1ccccc1)C(O)(O)CN(CC(C)C)S(=O)(=O)c1ccc(OC)cc1)N1CCN(Cc2csc(-c3cccnc3)n2)C1=O. The summed E-state index contributed by atoms with van der Waals surface area (Å²) in [6.07, 6.45) is 3.98. The van der Waals surface area contributed by atoms with Gasteiger partial charge in [0.25, 0.3) is 0 Å². The van der Waals surface area contributed by atoms with Gasteiger partial charge in [-0.2, -0.15) is 4.31 Å². The topological polar surface area (TPSA) is 166 Å². The maximum absolute atomic E-state index is 14.4. The molecule has 2 aromatic carbocycles. The summed E-state index contributed by atoms with van der Waals surface area (Å²) in [7, 11) is -2.73. The van der Waals surface area contributed by atoms with Crippen molar-refractivity contribution >= 4 is 33.3 Å². The molecule has 3 N–H and O–H groups in total. The highest BCUT2D eigenvalue weighted by atomic mass is 32.2. The number of nitrogens with one attached hydrogen (secondary N) is 1. The Labute approximate surface area is 321 Å². The van der Waals surface area contributed by atoms with Crippen LogP contribution in [0, 0.1) is 11.8 Å². The van der Waals surface area contributed by atoms with Crippen molar-refractivity contribution in [3.8, 4) is 16.3 Å². The molecule has 5 rings (SSSR count). The van der Waals surface area contributed by atoms with E-state index >= 15 is 0 Å². The number of amides is 3. The van der Waals surface area contributed by atoms with Gasteiger partial charge in [0.1, 0.15) is 16.8 Å². The van der Waals surface area contributed by atoms with Crippen molar-refractivity contribution in [2.45, 2.75) is 69.8 Å². The second-order valence-corrected chi connectivity index (χ2v) is 16.9. The van der Waals surface area contributed by atoms with Crippen LogP contribution < -0.4 is 10.1 Å². The number of rotatable bonds is 18. The maximum atomic E-state index is 14.4. The lowest BCUT2D eigenvalue weighted by Gasteiger charge is -2.38. The van der Waals surface area contributed by atoms with Crippen LogP contribution in [-0.2, 0) is 27.8 Å². The molecule has 0 bridgehead atoms. The van der Waals surface area contributed by atoms with E-state index in [0.29, 0.717) is 24.3 Å². The number of methoxy groups -OCH3 is 1. The van der Waals surface area contributed by atoms with Crippen molar-refractivity contribution < 1.29 is 33.0 Å². The number of carbonyl (C=O) groups excluding carboxylic acids is 2. The van der Waals surface area contributed by atoms with Crippen LogP contribution >= 0.6 is 11.3 Å². The van der Waals surface area contributed by atoms with E-state index in [0.717, 1.165) is 20.6 Å². The standard InChI is InChI=1S/C39H50N6O7S2/c1-6-28(4)35(45-20-19-43(38(45)47)24-31-25-53-37(41-31)30-13-10-18-40-22-30)36(46)42-34(21-29-11-8-7-9-12-29)39(48,49)26-44(23-27(2)3)54(50,51)33-16-14-32(52-5)15-17-33/h7-18,22,25,27-28,34-35,48-49H,6,19-21,23-24,26H2,1-5H3,(H,42,46)/t28-,34-,35+/m0/s1. The smallest absolute Gasteiger partial charge is 0.321 e. The Morgan fingerprint density at radius 2 is 1.78 bits per heavy atom. The highest BCUT2D eigenvalue weighted by Gasteiger charge is 2.45. The molecule has 0 unspecified atom stereocenters. The zero-order valence-electron chi connectivity index (χ0n) is 31.3. The molecule has 3 amide bonds. The van der Waals surface area contributed by atoms with Crippen LogP contribution in [0.2, 0.25) is 0 Å². The number of thiazole rings is 1. The van der Waals surface area contributed by atoms with Crippen LogP contribution in [0.4, 0.5) is 4.79 Å². The molecule has 15 heteroatoms. The summed E-state index contributed by atoms with van der Waals surface area (Å²) >= 11 is 1.47. The third-order valence-corrected chi connectivity index (χ3v) is 12.3. The van der Waals surface area contributed by atoms with E-state index in [1.54, 1.807) is 41.6 Å². The molecular weight excluding hydrogens is 729 g/mol. The first kappa shape index (κ1) is 40.8. The monoisotopic (exact) mass is 778 g/mol. The highest BCUT2D eigenvalue weighted by molar-refractivity contribution is 7.89. The number of urea groups is 1. The highest BCUT2D eigenvalue weighted by Crippen LogP contribution is 2.28. The van der Waals surface area contributed by atoms with Crippen molar-refractivity contribution in [1.29, 1.82) is 0 Å². The second kappa shape index (κ2) is 17.8. The quantitative estimate of drug-likeness (QED) is 0.122. The van der Waals surface area contributed by atoms with E-state index in [4.69, 9.17) is 9.72 Å². The maximum Gasteiger partial charge on any atom is 0.321 e. The van der Waals surface area contributed by atoms with Gasteiger partial charge in [-0.15, -0.1) is 11.3 Å². The number of benzene rings is 2. The molecule has 0 radical (unpaired) electrons. The van der Waals surface area contributed by atoms with Crippen molar-refractivity contribution in [3.63, 3.8) is 0 Å². The molecule has 1 fully saturated rings. The Morgan fingerprint density at radius 1 is 1.06 bits per heavy atom. The Morgan fingerprint density at radius 3 is 2.41 bits per heavy atom. The van der Waals surface area contributed by atoms with Crippen molar-refractivity contribution in [2.75, 3.05) is 33.3 Å². The van der Waals surface area contributed by atoms with Crippen LogP contribution in [0.1, 0.15) is 45.4 Å². The van der Waals surface area contributed by atoms with Gasteiger partial charge in [0, 0.05) is 43.0 Å². The summed E-state index contributed by atoms with van der Waals surface area (Å²) in [6.45, 7) is 7.66. The predicted molar refractivity (Wildman–Crippen MR) is 207 cm³/mol. The Bertz CT molecular complexity index is 1940. The number of carbonyl (C=O) groups is 2. The van der Waals surface area contributed by atoms with Gasteiger partial charge in [-0.3, -0.25) is 9.78 Å².